The number of halogens is 2. The van der Waals surface area contributed by atoms with Crippen molar-refractivity contribution in [2.45, 2.75) is 12.1 Å². The highest BCUT2D eigenvalue weighted by Crippen LogP contribution is 2.20. The SMILES string of the molecule is Cc1ccc(NC(=O)CSc2nnc3ccc(C(=O)Nc4cccc(F)c4)cn23)cc1F. The molecular weight excluding hydrogens is 436 g/mol. The van der Waals surface area contributed by atoms with Crippen LogP contribution in [-0.4, -0.2) is 32.2 Å². The molecule has 0 aliphatic heterocycles. The first-order valence-corrected chi connectivity index (χ1v) is 10.5. The quantitative estimate of drug-likeness (QED) is 0.425. The lowest BCUT2D eigenvalue weighted by molar-refractivity contribution is -0.113. The molecule has 10 heteroatoms. The van der Waals surface area contributed by atoms with Gasteiger partial charge in [0.2, 0.25) is 5.91 Å². The minimum Gasteiger partial charge on any atom is -0.325 e. The summed E-state index contributed by atoms with van der Waals surface area (Å²) in [4.78, 5) is 24.8. The summed E-state index contributed by atoms with van der Waals surface area (Å²) in [5.41, 5.74) is 1.99. The Labute approximate surface area is 185 Å². The number of amides is 2. The summed E-state index contributed by atoms with van der Waals surface area (Å²) in [7, 11) is 0. The van der Waals surface area contributed by atoms with Gasteiger partial charge in [0.15, 0.2) is 10.8 Å². The van der Waals surface area contributed by atoms with Crippen LogP contribution in [0.3, 0.4) is 0 Å². The Balaban J connectivity index is 1.44. The number of aryl methyl sites for hydroxylation is 1. The normalized spacial score (nSPS) is 10.8. The van der Waals surface area contributed by atoms with Crippen LogP contribution in [0.2, 0.25) is 0 Å². The summed E-state index contributed by atoms with van der Waals surface area (Å²) in [5.74, 6) is -1.61. The smallest absolute Gasteiger partial charge is 0.257 e. The minimum absolute atomic E-state index is 0.00993. The molecule has 4 aromatic rings. The Morgan fingerprint density at radius 2 is 1.81 bits per heavy atom. The van der Waals surface area contributed by atoms with Crippen molar-refractivity contribution < 1.29 is 18.4 Å². The van der Waals surface area contributed by atoms with Crippen molar-refractivity contribution in [3.63, 3.8) is 0 Å². The fraction of sp³-hybridized carbons (Fsp3) is 0.0909. The summed E-state index contributed by atoms with van der Waals surface area (Å²) >= 11 is 1.12. The zero-order chi connectivity index (χ0) is 22.7. The van der Waals surface area contributed by atoms with E-state index in [0.29, 0.717) is 33.3 Å². The number of hydrogen-bond acceptors (Lipinski definition) is 5. The second-order valence-corrected chi connectivity index (χ2v) is 7.84. The van der Waals surface area contributed by atoms with Crippen LogP contribution in [0.15, 0.2) is 66.0 Å². The largest absolute Gasteiger partial charge is 0.325 e. The van der Waals surface area contributed by atoms with Crippen LogP contribution in [-0.2, 0) is 4.79 Å². The molecule has 32 heavy (non-hydrogen) atoms. The Bertz CT molecular complexity index is 1320. The molecule has 0 spiro atoms. The van der Waals surface area contributed by atoms with Crippen LogP contribution in [0, 0.1) is 18.6 Å². The number of nitrogens with one attached hydrogen (secondary N) is 2. The van der Waals surface area contributed by atoms with Crippen LogP contribution in [0.1, 0.15) is 15.9 Å². The van der Waals surface area contributed by atoms with Crippen molar-refractivity contribution >= 4 is 40.6 Å². The van der Waals surface area contributed by atoms with Gasteiger partial charge in [-0.05, 0) is 55.0 Å². The number of pyridine rings is 1. The topological polar surface area (TPSA) is 88.4 Å². The van der Waals surface area contributed by atoms with Gasteiger partial charge in [0.05, 0.1) is 11.3 Å². The number of aromatic nitrogens is 3. The van der Waals surface area contributed by atoms with Gasteiger partial charge in [-0.1, -0.05) is 23.9 Å². The third-order valence-corrected chi connectivity index (χ3v) is 5.45. The summed E-state index contributed by atoms with van der Waals surface area (Å²) < 4.78 is 28.6. The predicted molar refractivity (Wildman–Crippen MR) is 118 cm³/mol. The van der Waals surface area contributed by atoms with Gasteiger partial charge in [-0.3, -0.25) is 14.0 Å². The van der Waals surface area contributed by atoms with Gasteiger partial charge in [0, 0.05) is 17.6 Å². The van der Waals surface area contributed by atoms with Gasteiger partial charge < -0.3 is 10.6 Å². The molecule has 2 heterocycles. The van der Waals surface area contributed by atoms with Crippen LogP contribution >= 0.6 is 11.8 Å². The Kier molecular flexibility index (Phi) is 6.13. The fourth-order valence-electron chi connectivity index (χ4n) is 2.87. The molecule has 2 amide bonds. The summed E-state index contributed by atoms with van der Waals surface area (Å²) in [6.07, 6.45) is 1.54. The van der Waals surface area contributed by atoms with E-state index in [9.17, 15) is 18.4 Å². The third-order valence-electron chi connectivity index (χ3n) is 4.50. The average Bonchev–Trinajstić information content (AvgIpc) is 3.17. The Morgan fingerprint density at radius 3 is 2.59 bits per heavy atom. The molecule has 2 aromatic carbocycles. The van der Waals surface area contributed by atoms with E-state index in [1.807, 2.05) is 0 Å². The first kappa shape index (κ1) is 21.4. The summed E-state index contributed by atoms with van der Waals surface area (Å²) in [5, 5.41) is 13.7. The lowest BCUT2D eigenvalue weighted by Gasteiger charge is -2.07. The highest BCUT2D eigenvalue weighted by molar-refractivity contribution is 7.99. The van der Waals surface area contributed by atoms with Gasteiger partial charge in [0.25, 0.3) is 5.91 Å². The van der Waals surface area contributed by atoms with Gasteiger partial charge in [0.1, 0.15) is 11.6 Å². The number of carbonyl (C=O) groups is 2. The fourth-order valence-corrected chi connectivity index (χ4v) is 3.59. The molecule has 7 nitrogen and oxygen atoms in total. The molecule has 0 bridgehead atoms. The molecule has 0 aliphatic carbocycles. The number of hydrogen-bond donors (Lipinski definition) is 2. The predicted octanol–water partition coefficient (Wildman–Crippen LogP) is 4.30. The van der Waals surface area contributed by atoms with Crippen molar-refractivity contribution in [3.8, 4) is 0 Å². The molecule has 2 aromatic heterocycles. The highest BCUT2D eigenvalue weighted by atomic mass is 32.2. The molecule has 4 rings (SSSR count). The zero-order valence-electron chi connectivity index (χ0n) is 16.8. The van der Waals surface area contributed by atoms with Crippen molar-refractivity contribution in [2.24, 2.45) is 0 Å². The number of benzene rings is 2. The van der Waals surface area contributed by atoms with Crippen LogP contribution in [0.5, 0.6) is 0 Å². The maximum absolute atomic E-state index is 13.6. The van der Waals surface area contributed by atoms with E-state index in [1.165, 1.54) is 24.3 Å². The average molecular weight is 453 g/mol. The standard InChI is InChI=1S/C22H17F2N5O2S/c1-13-5-7-17(10-18(13)24)25-20(30)12-32-22-28-27-19-8-6-14(11-29(19)22)21(31)26-16-4-2-3-15(23)9-16/h2-11H,12H2,1H3,(H,25,30)(H,26,31). The highest BCUT2D eigenvalue weighted by Gasteiger charge is 2.13. The van der Waals surface area contributed by atoms with E-state index < -0.39 is 17.5 Å². The number of carbonyl (C=O) groups excluding carboxylic acids is 2. The molecule has 0 atom stereocenters. The van der Waals surface area contributed by atoms with E-state index in [1.54, 1.807) is 47.9 Å². The first-order chi connectivity index (χ1) is 15.4. The number of nitrogens with zero attached hydrogens (tertiary/aromatic N) is 3. The number of thioether (sulfide) groups is 1. The second kappa shape index (κ2) is 9.15. The van der Waals surface area contributed by atoms with Crippen molar-refractivity contribution in [1.82, 2.24) is 14.6 Å². The lowest BCUT2D eigenvalue weighted by atomic mass is 10.2. The second-order valence-electron chi connectivity index (χ2n) is 6.89. The molecular formula is C22H17F2N5O2S. The molecule has 0 radical (unpaired) electrons. The molecule has 2 N–H and O–H groups in total. The molecule has 0 unspecified atom stereocenters. The zero-order valence-corrected chi connectivity index (χ0v) is 17.6. The molecule has 0 saturated heterocycles. The maximum Gasteiger partial charge on any atom is 0.257 e. The summed E-state index contributed by atoms with van der Waals surface area (Å²) in [6, 6.07) is 13.2. The minimum atomic E-state index is -0.456. The van der Waals surface area contributed by atoms with E-state index in [-0.39, 0.29) is 11.7 Å². The van der Waals surface area contributed by atoms with Gasteiger partial charge in [-0.2, -0.15) is 0 Å². The number of fused-ring (bicyclic) bond motifs is 1. The van der Waals surface area contributed by atoms with E-state index in [0.717, 1.165) is 11.8 Å². The van der Waals surface area contributed by atoms with Gasteiger partial charge >= 0.3 is 0 Å². The number of anilines is 2. The summed E-state index contributed by atoms with van der Waals surface area (Å²) in [6.45, 7) is 1.64. The molecule has 0 saturated carbocycles. The first-order valence-electron chi connectivity index (χ1n) is 9.49. The van der Waals surface area contributed by atoms with Crippen molar-refractivity contribution in [2.75, 3.05) is 16.4 Å². The van der Waals surface area contributed by atoms with Crippen molar-refractivity contribution in [3.05, 3.63) is 83.6 Å². The maximum atomic E-state index is 13.6. The van der Waals surface area contributed by atoms with Crippen molar-refractivity contribution in [1.29, 1.82) is 0 Å². The van der Waals surface area contributed by atoms with Crippen LogP contribution in [0.25, 0.3) is 5.65 Å². The van der Waals surface area contributed by atoms with Crippen LogP contribution < -0.4 is 10.6 Å². The monoisotopic (exact) mass is 453 g/mol. The van der Waals surface area contributed by atoms with Gasteiger partial charge in [-0.25, -0.2) is 8.78 Å². The Morgan fingerprint density at radius 1 is 1.00 bits per heavy atom. The third kappa shape index (κ3) is 4.92. The van der Waals surface area contributed by atoms with E-state index in [2.05, 4.69) is 20.8 Å². The van der Waals surface area contributed by atoms with E-state index >= 15 is 0 Å². The van der Waals surface area contributed by atoms with E-state index in [4.69, 9.17) is 0 Å². The molecule has 0 fully saturated rings. The van der Waals surface area contributed by atoms with Gasteiger partial charge in [-0.15, -0.1) is 10.2 Å². The lowest BCUT2D eigenvalue weighted by Crippen LogP contribution is -2.15. The number of rotatable bonds is 6. The Hall–Kier alpha value is -3.79. The molecule has 162 valence electrons. The molecule has 0 aliphatic rings. The van der Waals surface area contributed by atoms with Crippen LogP contribution in [0.4, 0.5) is 20.2 Å².